The van der Waals surface area contributed by atoms with Gasteiger partial charge in [0.2, 0.25) is 0 Å². The van der Waals surface area contributed by atoms with Crippen molar-refractivity contribution in [3.05, 3.63) is 46.5 Å². The summed E-state index contributed by atoms with van der Waals surface area (Å²) in [5, 5.41) is 10.5. The molecule has 0 saturated carbocycles. The van der Waals surface area contributed by atoms with Crippen LogP contribution in [0.15, 0.2) is 24.3 Å². The van der Waals surface area contributed by atoms with Crippen LogP contribution in [0.5, 0.6) is 5.75 Å². The molecule has 126 valence electrons. The molecule has 0 aliphatic carbocycles. The number of aromatic nitrogens is 2. The number of aryl methyl sites for hydroxylation is 1. The number of piperidine rings is 1. The van der Waals surface area contributed by atoms with Crippen LogP contribution in [-0.4, -0.2) is 34.5 Å². The molecule has 1 saturated heterocycles. The number of carbonyl (C=O) groups excluding carboxylic acids is 1. The van der Waals surface area contributed by atoms with Gasteiger partial charge in [0, 0.05) is 30.2 Å². The minimum absolute atomic E-state index is 0.0797. The number of hydrogen-bond acceptors (Lipinski definition) is 5. The highest BCUT2D eigenvalue weighted by atomic mass is 35.5. The van der Waals surface area contributed by atoms with Gasteiger partial charge in [-0.2, -0.15) is 0 Å². The first-order valence-electron chi connectivity index (χ1n) is 8.09. The number of aldehydes is 1. The van der Waals surface area contributed by atoms with Gasteiger partial charge in [0.05, 0.1) is 5.69 Å². The summed E-state index contributed by atoms with van der Waals surface area (Å²) in [6.07, 6.45) is 3.40. The van der Waals surface area contributed by atoms with Crippen LogP contribution in [0.25, 0.3) is 0 Å². The van der Waals surface area contributed by atoms with Gasteiger partial charge in [0.15, 0.2) is 12.0 Å². The van der Waals surface area contributed by atoms with Crippen LogP contribution in [0.4, 0.5) is 5.69 Å². The molecule has 1 aliphatic heterocycles. The van der Waals surface area contributed by atoms with Crippen LogP contribution in [0.2, 0.25) is 5.02 Å². The van der Waals surface area contributed by atoms with E-state index in [0.717, 1.165) is 37.4 Å². The number of hydrogen-bond donors (Lipinski definition) is 1. The molecule has 3 rings (SSSR count). The molecule has 1 aliphatic rings. The number of anilines is 1. The standard InChI is InChI=1S/C18H20ClN3O2/c1-12-18(24)16(11-23)21-17(20-12)10-13-6-8-22(9-7-13)15-4-2-14(19)3-5-15/h2-5,11,13,24H,6-10H2,1H3. The summed E-state index contributed by atoms with van der Waals surface area (Å²) in [6, 6.07) is 7.92. The first-order chi connectivity index (χ1) is 11.6. The second-order valence-corrected chi connectivity index (χ2v) is 6.62. The van der Waals surface area contributed by atoms with E-state index in [1.807, 2.05) is 24.3 Å². The number of halogens is 1. The molecule has 5 nitrogen and oxygen atoms in total. The fraction of sp³-hybridized carbons (Fsp3) is 0.389. The molecule has 0 atom stereocenters. The molecule has 2 heterocycles. The quantitative estimate of drug-likeness (QED) is 0.860. The smallest absolute Gasteiger partial charge is 0.172 e. The summed E-state index contributed by atoms with van der Waals surface area (Å²) in [4.78, 5) is 21.8. The number of carbonyl (C=O) groups is 1. The highest BCUT2D eigenvalue weighted by Gasteiger charge is 2.21. The van der Waals surface area contributed by atoms with Gasteiger partial charge in [-0.3, -0.25) is 4.79 Å². The molecule has 1 aromatic carbocycles. The Balaban J connectivity index is 1.62. The Bertz CT molecular complexity index is 726. The third-order valence-corrected chi connectivity index (χ3v) is 4.77. The van der Waals surface area contributed by atoms with Gasteiger partial charge in [-0.05, 0) is 49.9 Å². The maximum absolute atomic E-state index is 11.0. The SMILES string of the molecule is Cc1nc(CC2CCN(c3ccc(Cl)cc3)CC2)nc(C=O)c1O. The molecular weight excluding hydrogens is 326 g/mol. The Morgan fingerprint density at radius 1 is 1.25 bits per heavy atom. The van der Waals surface area contributed by atoms with Crippen LogP contribution in [0, 0.1) is 12.8 Å². The zero-order valence-electron chi connectivity index (χ0n) is 13.6. The third-order valence-electron chi connectivity index (χ3n) is 4.52. The fourth-order valence-corrected chi connectivity index (χ4v) is 3.25. The van der Waals surface area contributed by atoms with Crippen molar-refractivity contribution in [2.24, 2.45) is 5.92 Å². The van der Waals surface area contributed by atoms with E-state index in [2.05, 4.69) is 14.9 Å². The molecular formula is C18H20ClN3O2. The monoisotopic (exact) mass is 345 g/mol. The predicted octanol–water partition coefficient (Wildman–Crippen LogP) is 3.42. The molecule has 1 fully saturated rings. The van der Waals surface area contributed by atoms with Crippen molar-refractivity contribution in [2.75, 3.05) is 18.0 Å². The number of rotatable bonds is 4. The van der Waals surface area contributed by atoms with Gasteiger partial charge in [-0.25, -0.2) is 9.97 Å². The van der Waals surface area contributed by atoms with Crippen molar-refractivity contribution < 1.29 is 9.90 Å². The van der Waals surface area contributed by atoms with Gasteiger partial charge in [-0.1, -0.05) is 11.6 Å². The third kappa shape index (κ3) is 3.67. The Morgan fingerprint density at radius 2 is 1.92 bits per heavy atom. The van der Waals surface area contributed by atoms with Crippen LogP contribution in [0.3, 0.4) is 0 Å². The van der Waals surface area contributed by atoms with Crippen LogP contribution >= 0.6 is 11.6 Å². The minimum atomic E-state index is -0.119. The summed E-state index contributed by atoms with van der Waals surface area (Å²) >= 11 is 5.94. The number of benzene rings is 1. The van der Waals surface area contributed by atoms with E-state index in [1.165, 1.54) is 5.69 Å². The first kappa shape index (κ1) is 16.7. The van der Waals surface area contributed by atoms with Crippen molar-refractivity contribution >= 4 is 23.6 Å². The lowest BCUT2D eigenvalue weighted by Gasteiger charge is -2.33. The van der Waals surface area contributed by atoms with Crippen molar-refractivity contribution in [1.82, 2.24) is 9.97 Å². The highest BCUT2D eigenvalue weighted by molar-refractivity contribution is 6.30. The van der Waals surface area contributed by atoms with E-state index in [-0.39, 0.29) is 11.4 Å². The largest absolute Gasteiger partial charge is 0.504 e. The Hall–Kier alpha value is -2.14. The van der Waals surface area contributed by atoms with Crippen LogP contribution in [0.1, 0.15) is 34.8 Å². The van der Waals surface area contributed by atoms with Gasteiger partial charge < -0.3 is 10.0 Å². The molecule has 2 aromatic rings. The molecule has 0 unspecified atom stereocenters. The molecule has 0 amide bonds. The minimum Gasteiger partial charge on any atom is -0.504 e. The van der Waals surface area contributed by atoms with E-state index in [4.69, 9.17) is 11.6 Å². The summed E-state index contributed by atoms with van der Waals surface area (Å²) in [6.45, 7) is 3.64. The Morgan fingerprint density at radius 3 is 2.54 bits per heavy atom. The zero-order chi connectivity index (χ0) is 17.1. The number of nitrogens with zero attached hydrogens (tertiary/aromatic N) is 3. The second kappa shape index (κ2) is 7.18. The van der Waals surface area contributed by atoms with Crippen molar-refractivity contribution in [3.8, 4) is 5.75 Å². The van der Waals surface area contributed by atoms with Gasteiger partial charge >= 0.3 is 0 Å². The Labute approximate surface area is 146 Å². The fourth-order valence-electron chi connectivity index (χ4n) is 3.13. The average molecular weight is 346 g/mol. The lowest BCUT2D eigenvalue weighted by Crippen LogP contribution is -2.34. The topological polar surface area (TPSA) is 66.3 Å². The summed E-state index contributed by atoms with van der Waals surface area (Å²) < 4.78 is 0. The van der Waals surface area contributed by atoms with Crippen molar-refractivity contribution in [2.45, 2.75) is 26.2 Å². The Kier molecular flexibility index (Phi) is 5.00. The summed E-state index contributed by atoms with van der Waals surface area (Å²) in [7, 11) is 0. The summed E-state index contributed by atoms with van der Waals surface area (Å²) in [5.74, 6) is 1.00. The second-order valence-electron chi connectivity index (χ2n) is 6.19. The van der Waals surface area contributed by atoms with Crippen LogP contribution in [-0.2, 0) is 6.42 Å². The molecule has 1 aromatic heterocycles. The molecule has 24 heavy (non-hydrogen) atoms. The van der Waals surface area contributed by atoms with E-state index in [0.29, 0.717) is 23.7 Å². The van der Waals surface area contributed by atoms with E-state index in [9.17, 15) is 9.90 Å². The lowest BCUT2D eigenvalue weighted by atomic mass is 9.93. The molecule has 0 spiro atoms. The van der Waals surface area contributed by atoms with Gasteiger partial charge in [-0.15, -0.1) is 0 Å². The van der Waals surface area contributed by atoms with Crippen molar-refractivity contribution in [3.63, 3.8) is 0 Å². The normalized spacial score (nSPS) is 15.5. The van der Waals surface area contributed by atoms with E-state index < -0.39 is 0 Å². The van der Waals surface area contributed by atoms with Crippen molar-refractivity contribution in [1.29, 1.82) is 0 Å². The zero-order valence-corrected chi connectivity index (χ0v) is 14.3. The first-order valence-corrected chi connectivity index (χ1v) is 8.47. The number of aromatic hydroxyl groups is 1. The van der Waals surface area contributed by atoms with Gasteiger partial charge in [0.25, 0.3) is 0 Å². The van der Waals surface area contributed by atoms with E-state index >= 15 is 0 Å². The van der Waals surface area contributed by atoms with Crippen LogP contribution < -0.4 is 4.90 Å². The maximum atomic E-state index is 11.0. The highest BCUT2D eigenvalue weighted by Crippen LogP contribution is 2.27. The van der Waals surface area contributed by atoms with E-state index in [1.54, 1.807) is 6.92 Å². The lowest BCUT2D eigenvalue weighted by molar-refractivity contribution is 0.111. The predicted molar refractivity (Wildman–Crippen MR) is 93.9 cm³/mol. The molecule has 6 heteroatoms. The molecule has 0 radical (unpaired) electrons. The van der Waals surface area contributed by atoms with Gasteiger partial charge in [0.1, 0.15) is 11.5 Å². The summed E-state index contributed by atoms with van der Waals surface area (Å²) in [5.41, 5.74) is 1.73. The molecule has 0 bridgehead atoms. The maximum Gasteiger partial charge on any atom is 0.172 e. The molecule has 1 N–H and O–H groups in total. The average Bonchev–Trinajstić information content (AvgIpc) is 2.59.